The van der Waals surface area contributed by atoms with Crippen molar-refractivity contribution in [1.29, 1.82) is 0 Å². The number of nitrogens with zero attached hydrogens (tertiary/aromatic N) is 2. The topological polar surface area (TPSA) is 28.2 Å². The first-order valence-corrected chi connectivity index (χ1v) is 7.17. The predicted molar refractivity (Wildman–Crippen MR) is 73.5 cm³/mol. The Kier molecular flexibility index (Phi) is 3.62. The summed E-state index contributed by atoms with van der Waals surface area (Å²) in [6, 6.07) is 6.58. The highest BCUT2D eigenvalue weighted by atomic mass is 15.2. The highest BCUT2D eigenvalue weighted by Gasteiger charge is 2.37. The summed E-state index contributed by atoms with van der Waals surface area (Å²) in [4.78, 5) is 6.76. The van der Waals surface area contributed by atoms with E-state index in [1.807, 2.05) is 18.5 Å². The molecule has 0 aliphatic carbocycles. The Morgan fingerprint density at radius 2 is 2.11 bits per heavy atom. The van der Waals surface area contributed by atoms with Crippen molar-refractivity contribution >= 4 is 0 Å². The quantitative estimate of drug-likeness (QED) is 0.877. The van der Waals surface area contributed by atoms with Crippen molar-refractivity contribution in [1.82, 2.24) is 15.2 Å². The van der Waals surface area contributed by atoms with Gasteiger partial charge in [-0.05, 0) is 57.3 Å². The van der Waals surface area contributed by atoms with E-state index >= 15 is 0 Å². The molecule has 2 aliphatic heterocycles. The average molecular weight is 245 g/mol. The second-order valence-corrected chi connectivity index (χ2v) is 5.78. The number of aromatic nitrogens is 1. The molecule has 2 bridgehead atoms. The van der Waals surface area contributed by atoms with Crippen LogP contribution in [0.5, 0.6) is 0 Å². The second kappa shape index (κ2) is 5.37. The van der Waals surface area contributed by atoms with Crippen molar-refractivity contribution in [3.63, 3.8) is 0 Å². The van der Waals surface area contributed by atoms with Crippen molar-refractivity contribution in [2.24, 2.45) is 0 Å². The number of nitrogens with one attached hydrogen (secondary N) is 1. The second-order valence-electron chi connectivity index (χ2n) is 5.78. The van der Waals surface area contributed by atoms with Crippen LogP contribution < -0.4 is 5.32 Å². The van der Waals surface area contributed by atoms with Crippen molar-refractivity contribution < 1.29 is 0 Å². The van der Waals surface area contributed by atoms with Crippen molar-refractivity contribution in [3.05, 3.63) is 30.1 Å². The smallest absolute Gasteiger partial charge is 0.0300 e. The van der Waals surface area contributed by atoms with Crippen LogP contribution in [0.25, 0.3) is 0 Å². The number of pyridine rings is 1. The Hall–Kier alpha value is -0.930. The molecule has 2 fully saturated rings. The summed E-state index contributed by atoms with van der Waals surface area (Å²) in [6.45, 7) is 1.08. The largest absolute Gasteiger partial charge is 0.314 e. The molecule has 1 N–H and O–H groups in total. The molecule has 1 aromatic heterocycles. The first-order valence-electron chi connectivity index (χ1n) is 7.17. The van der Waals surface area contributed by atoms with E-state index in [1.54, 1.807) is 0 Å². The fraction of sp³-hybridized carbons (Fsp3) is 0.667. The minimum Gasteiger partial charge on any atom is -0.314 e. The number of hydrogen-bond acceptors (Lipinski definition) is 3. The fourth-order valence-corrected chi connectivity index (χ4v) is 3.54. The van der Waals surface area contributed by atoms with Gasteiger partial charge < -0.3 is 10.2 Å². The Morgan fingerprint density at radius 3 is 2.78 bits per heavy atom. The minimum atomic E-state index is 0.732. The monoisotopic (exact) mass is 245 g/mol. The highest BCUT2D eigenvalue weighted by molar-refractivity contribution is 5.08. The summed E-state index contributed by atoms with van der Waals surface area (Å²) in [5.74, 6) is 0. The van der Waals surface area contributed by atoms with Gasteiger partial charge in [-0.1, -0.05) is 6.07 Å². The molecule has 18 heavy (non-hydrogen) atoms. The van der Waals surface area contributed by atoms with Crippen LogP contribution in [0.4, 0.5) is 0 Å². The molecule has 2 unspecified atom stereocenters. The van der Waals surface area contributed by atoms with E-state index < -0.39 is 0 Å². The maximum Gasteiger partial charge on any atom is 0.0300 e. The average Bonchev–Trinajstić information content (AvgIpc) is 2.64. The third-order valence-electron chi connectivity index (χ3n) is 4.67. The molecular weight excluding hydrogens is 222 g/mol. The van der Waals surface area contributed by atoms with Crippen LogP contribution in [-0.2, 0) is 6.42 Å². The molecule has 2 atom stereocenters. The summed E-state index contributed by atoms with van der Waals surface area (Å²) in [5, 5.41) is 3.74. The molecule has 2 aliphatic rings. The lowest BCUT2D eigenvalue weighted by atomic mass is 9.98. The lowest BCUT2D eigenvalue weighted by molar-refractivity contribution is 0.149. The first kappa shape index (κ1) is 12.1. The van der Waals surface area contributed by atoms with Crippen molar-refractivity contribution in [2.45, 2.75) is 50.2 Å². The van der Waals surface area contributed by atoms with Gasteiger partial charge in [0.25, 0.3) is 0 Å². The van der Waals surface area contributed by atoms with E-state index in [2.05, 4.69) is 28.3 Å². The standard InChI is InChI=1S/C15H23N3/c1-18-14-4-5-15(18)10-13(9-14)17-8-6-12-3-2-7-16-11-12/h2-3,7,11,13-15,17H,4-6,8-10H2,1H3. The molecule has 0 radical (unpaired) electrons. The predicted octanol–water partition coefficient (Wildman–Crippen LogP) is 1.84. The molecule has 0 saturated carbocycles. The Bertz CT molecular complexity index is 365. The lowest BCUT2D eigenvalue weighted by Crippen LogP contribution is -2.47. The van der Waals surface area contributed by atoms with Gasteiger partial charge in [-0.15, -0.1) is 0 Å². The van der Waals surface area contributed by atoms with Crippen LogP contribution in [0.2, 0.25) is 0 Å². The SMILES string of the molecule is CN1C2CCC1CC(NCCc1cccnc1)C2. The molecule has 3 nitrogen and oxygen atoms in total. The minimum absolute atomic E-state index is 0.732. The summed E-state index contributed by atoms with van der Waals surface area (Å²) in [6.07, 6.45) is 10.4. The van der Waals surface area contributed by atoms with Crippen molar-refractivity contribution in [2.75, 3.05) is 13.6 Å². The van der Waals surface area contributed by atoms with Gasteiger partial charge in [-0.25, -0.2) is 0 Å². The van der Waals surface area contributed by atoms with E-state index in [9.17, 15) is 0 Å². The molecule has 0 amide bonds. The number of rotatable bonds is 4. The summed E-state index contributed by atoms with van der Waals surface area (Å²) >= 11 is 0. The Balaban J connectivity index is 1.45. The maximum atomic E-state index is 4.16. The molecule has 0 spiro atoms. The normalized spacial score (nSPS) is 31.7. The third kappa shape index (κ3) is 2.57. The highest BCUT2D eigenvalue weighted by Crippen LogP contribution is 2.34. The van der Waals surface area contributed by atoms with Gasteiger partial charge in [-0.2, -0.15) is 0 Å². The number of hydrogen-bond donors (Lipinski definition) is 1. The first-order chi connectivity index (χ1) is 8.83. The maximum absolute atomic E-state index is 4.16. The van der Waals surface area contributed by atoms with Gasteiger partial charge >= 0.3 is 0 Å². The Morgan fingerprint density at radius 1 is 1.33 bits per heavy atom. The van der Waals surface area contributed by atoms with Gasteiger partial charge in [0.15, 0.2) is 0 Å². The third-order valence-corrected chi connectivity index (χ3v) is 4.67. The lowest BCUT2D eigenvalue weighted by Gasteiger charge is -2.36. The van der Waals surface area contributed by atoms with E-state index in [4.69, 9.17) is 0 Å². The fourth-order valence-electron chi connectivity index (χ4n) is 3.54. The summed E-state index contributed by atoms with van der Waals surface area (Å²) in [5.41, 5.74) is 1.33. The summed E-state index contributed by atoms with van der Waals surface area (Å²) in [7, 11) is 2.30. The zero-order valence-electron chi connectivity index (χ0n) is 11.2. The zero-order chi connectivity index (χ0) is 12.4. The molecule has 2 saturated heterocycles. The molecule has 3 heterocycles. The molecular formula is C15H23N3. The van der Waals surface area contributed by atoms with Gasteiger partial charge in [0.1, 0.15) is 0 Å². The summed E-state index contributed by atoms with van der Waals surface area (Å²) < 4.78 is 0. The molecule has 0 aromatic carbocycles. The van der Waals surface area contributed by atoms with E-state index in [0.717, 1.165) is 31.1 Å². The van der Waals surface area contributed by atoms with Gasteiger partial charge in [0.05, 0.1) is 0 Å². The van der Waals surface area contributed by atoms with Crippen LogP contribution in [0, 0.1) is 0 Å². The number of piperidine rings is 1. The van der Waals surface area contributed by atoms with Gasteiger partial charge in [0.2, 0.25) is 0 Å². The molecule has 3 heteroatoms. The van der Waals surface area contributed by atoms with Gasteiger partial charge in [-0.3, -0.25) is 4.98 Å². The van der Waals surface area contributed by atoms with E-state index in [1.165, 1.54) is 31.2 Å². The van der Waals surface area contributed by atoms with E-state index in [0.29, 0.717) is 0 Å². The van der Waals surface area contributed by atoms with Crippen LogP contribution >= 0.6 is 0 Å². The van der Waals surface area contributed by atoms with Gasteiger partial charge in [0, 0.05) is 30.5 Å². The molecule has 3 rings (SSSR count). The van der Waals surface area contributed by atoms with E-state index in [-0.39, 0.29) is 0 Å². The van der Waals surface area contributed by atoms with Crippen LogP contribution in [0.1, 0.15) is 31.2 Å². The zero-order valence-corrected chi connectivity index (χ0v) is 11.2. The number of fused-ring (bicyclic) bond motifs is 2. The molecule has 98 valence electrons. The van der Waals surface area contributed by atoms with Crippen molar-refractivity contribution in [3.8, 4) is 0 Å². The van der Waals surface area contributed by atoms with Crippen LogP contribution in [0.15, 0.2) is 24.5 Å². The van der Waals surface area contributed by atoms with Crippen LogP contribution in [0.3, 0.4) is 0 Å². The Labute approximate surface area is 110 Å². The van der Waals surface area contributed by atoms with Crippen LogP contribution in [-0.4, -0.2) is 41.6 Å². The molecule has 1 aromatic rings.